The number of carbonyl (C=O) groups is 1. The lowest BCUT2D eigenvalue weighted by molar-refractivity contribution is 0.163. The van der Waals surface area contributed by atoms with E-state index >= 15 is 0 Å². The van der Waals surface area contributed by atoms with E-state index in [1.54, 1.807) is 19.1 Å². The largest absolute Gasteiger partial charge is 0.508 e. The number of carbonyl (C=O) groups excluding carboxylic acids is 1. The Hall–Kier alpha value is -1.75. The second kappa shape index (κ2) is 6.80. The predicted molar refractivity (Wildman–Crippen MR) is 81.2 cm³/mol. The Morgan fingerprint density at radius 1 is 1.43 bits per heavy atom. The second-order valence-corrected chi connectivity index (χ2v) is 5.98. The highest BCUT2D eigenvalue weighted by Gasteiger charge is 2.25. The number of phenolic OH excluding ortho intramolecular Hbond substituents is 1. The van der Waals surface area contributed by atoms with Gasteiger partial charge in [0.1, 0.15) is 5.75 Å². The number of nitrogens with one attached hydrogen (secondary N) is 2. The standard InChI is InChI=1S/C16H24N2O3/c1-10(8-11(2)19)9-17-16(21)18-14-7-6-13-12(14)4-3-5-15(13)20/h3-5,10-11,14,19-20H,6-9H2,1-2H3,(H2,17,18,21). The maximum Gasteiger partial charge on any atom is 0.315 e. The minimum absolute atomic E-state index is 0.0424. The van der Waals surface area contributed by atoms with Crippen molar-refractivity contribution in [1.82, 2.24) is 10.6 Å². The van der Waals surface area contributed by atoms with Crippen molar-refractivity contribution < 1.29 is 15.0 Å². The molecule has 0 saturated heterocycles. The van der Waals surface area contributed by atoms with Gasteiger partial charge in [-0.25, -0.2) is 4.79 Å². The number of aliphatic hydroxyl groups is 1. The van der Waals surface area contributed by atoms with Crippen molar-refractivity contribution >= 4 is 6.03 Å². The zero-order chi connectivity index (χ0) is 15.4. The number of benzene rings is 1. The summed E-state index contributed by atoms with van der Waals surface area (Å²) in [6, 6.07) is 5.19. The molecule has 0 radical (unpaired) electrons. The SMILES string of the molecule is CC(O)CC(C)CNC(=O)NC1CCc2c(O)cccc21. The molecule has 0 aromatic heterocycles. The monoisotopic (exact) mass is 292 g/mol. The first-order valence-electron chi connectivity index (χ1n) is 7.50. The van der Waals surface area contributed by atoms with Gasteiger partial charge in [0, 0.05) is 6.54 Å². The van der Waals surface area contributed by atoms with Crippen molar-refractivity contribution in [2.75, 3.05) is 6.54 Å². The van der Waals surface area contributed by atoms with E-state index in [9.17, 15) is 15.0 Å². The first-order chi connectivity index (χ1) is 9.97. The Bertz CT molecular complexity index is 502. The van der Waals surface area contributed by atoms with E-state index in [0.29, 0.717) is 18.7 Å². The van der Waals surface area contributed by atoms with E-state index in [4.69, 9.17) is 0 Å². The highest BCUT2D eigenvalue weighted by atomic mass is 16.3. The maximum absolute atomic E-state index is 11.9. The summed E-state index contributed by atoms with van der Waals surface area (Å²) in [4.78, 5) is 11.9. The molecular formula is C16H24N2O3. The highest BCUT2D eigenvalue weighted by molar-refractivity contribution is 5.74. The van der Waals surface area contributed by atoms with Crippen LogP contribution in [0.1, 0.15) is 43.9 Å². The lowest BCUT2D eigenvalue weighted by Crippen LogP contribution is -2.39. The van der Waals surface area contributed by atoms with Crippen LogP contribution in [0.4, 0.5) is 4.79 Å². The van der Waals surface area contributed by atoms with Crippen molar-refractivity contribution in [3.63, 3.8) is 0 Å². The van der Waals surface area contributed by atoms with Crippen LogP contribution in [0.25, 0.3) is 0 Å². The number of hydrogen-bond donors (Lipinski definition) is 4. The molecule has 1 aliphatic rings. The molecule has 21 heavy (non-hydrogen) atoms. The normalized spacial score (nSPS) is 19.7. The lowest BCUT2D eigenvalue weighted by atomic mass is 10.1. The Balaban J connectivity index is 1.84. The summed E-state index contributed by atoms with van der Waals surface area (Å²) in [5, 5.41) is 24.9. The molecule has 2 amide bonds. The van der Waals surface area contributed by atoms with Gasteiger partial charge in [0.05, 0.1) is 12.1 Å². The molecule has 3 atom stereocenters. The van der Waals surface area contributed by atoms with E-state index in [0.717, 1.165) is 24.0 Å². The molecule has 0 fully saturated rings. The summed E-state index contributed by atoms with van der Waals surface area (Å²) in [6.45, 7) is 4.28. The average molecular weight is 292 g/mol. The molecule has 1 aliphatic carbocycles. The van der Waals surface area contributed by atoms with Gasteiger partial charge in [0.2, 0.25) is 0 Å². The van der Waals surface area contributed by atoms with Crippen LogP contribution < -0.4 is 10.6 Å². The number of hydrogen-bond acceptors (Lipinski definition) is 3. The summed E-state index contributed by atoms with van der Waals surface area (Å²) in [5.41, 5.74) is 1.94. The third-order valence-corrected chi connectivity index (χ3v) is 3.91. The van der Waals surface area contributed by atoms with Crippen LogP contribution >= 0.6 is 0 Å². The summed E-state index contributed by atoms with van der Waals surface area (Å²) < 4.78 is 0. The van der Waals surface area contributed by atoms with Gasteiger partial charge in [0.25, 0.3) is 0 Å². The average Bonchev–Trinajstić information content (AvgIpc) is 2.80. The smallest absolute Gasteiger partial charge is 0.315 e. The van der Waals surface area contributed by atoms with Gasteiger partial charge in [-0.15, -0.1) is 0 Å². The van der Waals surface area contributed by atoms with Crippen LogP contribution in [-0.4, -0.2) is 28.9 Å². The summed E-state index contributed by atoms with van der Waals surface area (Å²) in [5.74, 6) is 0.540. The minimum Gasteiger partial charge on any atom is -0.508 e. The van der Waals surface area contributed by atoms with Crippen LogP contribution in [0.5, 0.6) is 5.75 Å². The topological polar surface area (TPSA) is 81.6 Å². The highest BCUT2D eigenvalue weighted by Crippen LogP contribution is 2.36. The van der Waals surface area contributed by atoms with E-state index in [-0.39, 0.29) is 24.1 Å². The molecule has 5 heteroatoms. The number of aliphatic hydroxyl groups excluding tert-OH is 1. The van der Waals surface area contributed by atoms with Crippen LogP contribution in [-0.2, 0) is 6.42 Å². The molecule has 0 spiro atoms. The van der Waals surface area contributed by atoms with Crippen molar-refractivity contribution in [2.24, 2.45) is 5.92 Å². The summed E-state index contributed by atoms with van der Waals surface area (Å²) >= 11 is 0. The predicted octanol–water partition coefficient (Wildman–Crippen LogP) is 2.09. The number of phenols is 1. The van der Waals surface area contributed by atoms with Crippen LogP contribution in [0, 0.1) is 5.92 Å². The van der Waals surface area contributed by atoms with Gasteiger partial charge in [0.15, 0.2) is 0 Å². The Kier molecular flexibility index (Phi) is 5.07. The molecular weight excluding hydrogens is 268 g/mol. The molecule has 3 unspecified atom stereocenters. The zero-order valence-electron chi connectivity index (χ0n) is 12.6. The fraction of sp³-hybridized carbons (Fsp3) is 0.562. The molecule has 0 bridgehead atoms. The van der Waals surface area contributed by atoms with Crippen LogP contribution in [0.15, 0.2) is 18.2 Å². The molecule has 0 heterocycles. The lowest BCUT2D eigenvalue weighted by Gasteiger charge is -2.18. The van der Waals surface area contributed by atoms with Gasteiger partial charge < -0.3 is 20.8 Å². The van der Waals surface area contributed by atoms with Gasteiger partial charge in [-0.2, -0.15) is 0 Å². The first kappa shape index (κ1) is 15.6. The fourth-order valence-corrected chi connectivity index (χ4v) is 2.93. The van der Waals surface area contributed by atoms with Crippen molar-refractivity contribution in [3.8, 4) is 5.75 Å². The van der Waals surface area contributed by atoms with Gasteiger partial charge in [-0.05, 0) is 49.3 Å². The van der Waals surface area contributed by atoms with Crippen molar-refractivity contribution in [2.45, 2.75) is 45.3 Å². The molecule has 4 N–H and O–H groups in total. The van der Waals surface area contributed by atoms with Crippen molar-refractivity contribution in [3.05, 3.63) is 29.3 Å². The number of amides is 2. The molecule has 1 aromatic rings. The molecule has 5 nitrogen and oxygen atoms in total. The number of fused-ring (bicyclic) bond motifs is 1. The second-order valence-electron chi connectivity index (χ2n) is 5.98. The quantitative estimate of drug-likeness (QED) is 0.670. The van der Waals surface area contributed by atoms with E-state index in [2.05, 4.69) is 10.6 Å². The molecule has 0 aliphatic heterocycles. The molecule has 116 valence electrons. The van der Waals surface area contributed by atoms with Crippen LogP contribution in [0.2, 0.25) is 0 Å². The minimum atomic E-state index is -0.352. The van der Waals surface area contributed by atoms with Gasteiger partial charge >= 0.3 is 6.03 Å². The third kappa shape index (κ3) is 4.11. The van der Waals surface area contributed by atoms with Gasteiger partial charge in [-0.3, -0.25) is 0 Å². The van der Waals surface area contributed by atoms with E-state index < -0.39 is 0 Å². The fourth-order valence-electron chi connectivity index (χ4n) is 2.93. The summed E-state index contributed by atoms with van der Waals surface area (Å²) in [7, 11) is 0. The zero-order valence-corrected chi connectivity index (χ0v) is 12.6. The molecule has 1 aromatic carbocycles. The van der Waals surface area contributed by atoms with E-state index in [1.807, 2.05) is 13.0 Å². The Morgan fingerprint density at radius 2 is 2.19 bits per heavy atom. The van der Waals surface area contributed by atoms with E-state index in [1.165, 1.54) is 0 Å². The number of aromatic hydroxyl groups is 1. The number of urea groups is 1. The molecule has 0 saturated carbocycles. The Morgan fingerprint density at radius 3 is 2.90 bits per heavy atom. The van der Waals surface area contributed by atoms with Crippen molar-refractivity contribution in [1.29, 1.82) is 0 Å². The Labute approximate surface area is 125 Å². The maximum atomic E-state index is 11.9. The van der Waals surface area contributed by atoms with Crippen LogP contribution in [0.3, 0.4) is 0 Å². The number of rotatable bonds is 5. The molecule has 2 rings (SSSR count). The summed E-state index contributed by atoms with van der Waals surface area (Å²) in [6.07, 6.45) is 1.91. The third-order valence-electron chi connectivity index (χ3n) is 3.91. The van der Waals surface area contributed by atoms with Gasteiger partial charge in [-0.1, -0.05) is 19.1 Å². The first-order valence-corrected chi connectivity index (χ1v) is 7.50.